The molecule has 118 valence electrons. The van der Waals surface area contributed by atoms with E-state index in [1.807, 2.05) is 0 Å². The summed E-state index contributed by atoms with van der Waals surface area (Å²) in [5.74, 6) is 2.26. The van der Waals surface area contributed by atoms with Crippen LogP contribution in [0.25, 0.3) is 0 Å². The fourth-order valence-corrected chi connectivity index (χ4v) is 3.78. The summed E-state index contributed by atoms with van der Waals surface area (Å²) in [7, 11) is 0. The van der Waals surface area contributed by atoms with E-state index in [2.05, 4.69) is 37.9 Å². The van der Waals surface area contributed by atoms with Crippen molar-refractivity contribution in [2.75, 3.05) is 32.8 Å². The average Bonchev–Trinajstić information content (AvgIpc) is 2.39. The van der Waals surface area contributed by atoms with Gasteiger partial charge in [-0.15, -0.1) is 0 Å². The second kappa shape index (κ2) is 7.77. The van der Waals surface area contributed by atoms with Crippen molar-refractivity contribution in [3.8, 4) is 0 Å². The van der Waals surface area contributed by atoms with E-state index in [1.54, 1.807) is 0 Å². The highest BCUT2D eigenvalue weighted by Crippen LogP contribution is 2.22. The molecule has 0 aliphatic carbocycles. The minimum atomic E-state index is 0.675. The lowest BCUT2D eigenvalue weighted by Crippen LogP contribution is -2.59. The Morgan fingerprint density at radius 1 is 1.25 bits per heavy atom. The summed E-state index contributed by atoms with van der Waals surface area (Å²) in [6, 6.07) is 1.37. The maximum Gasteiger partial charge on any atom is 0.0506 e. The largest absolute Gasteiger partial charge is 0.381 e. The van der Waals surface area contributed by atoms with Crippen LogP contribution in [0.2, 0.25) is 0 Å². The molecule has 1 N–H and O–H groups in total. The van der Waals surface area contributed by atoms with E-state index < -0.39 is 0 Å². The van der Waals surface area contributed by atoms with Gasteiger partial charge in [-0.1, -0.05) is 27.7 Å². The maximum absolute atomic E-state index is 5.67. The Hall–Kier alpha value is -0.120. The zero-order valence-electron chi connectivity index (χ0n) is 13.9. The van der Waals surface area contributed by atoms with Crippen LogP contribution in [0.3, 0.4) is 0 Å². The minimum Gasteiger partial charge on any atom is -0.381 e. The SMILES string of the molecule is CC(C)CC1CN(CC2CCCOC2)C(C(C)C)CN1. The molecular formula is C17H34N2O. The van der Waals surface area contributed by atoms with E-state index in [0.717, 1.165) is 37.5 Å². The summed E-state index contributed by atoms with van der Waals surface area (Å²) < 4.78 is 5.67. The highest BCUT2D eigenvalue weighted by Gasteiger charge is 2.31. The summed E-state index contributed by atoms with van der Waals surface area (Å²) >= 11 is 0. The first-order valence-corrected chi connectivity index (χ1v) is 8.61. The molecule has 0 spiro atoms. The van der Waals surface area contributed by atoms with E-state index in [4.69, 9.17) is 4.74 Å². The zero-order chi connectivity index (χ0) is 14.5. The number of hydrogen-bond acceptors (Lipinski definition) is 3. The van der Waals surface area contributed by atoms with Crippen LogP contribution in [-0.2, 0) is 4.74 Å². The lowest BCUT2D eigenvalue weighted by molar-refractivity contribution is 0.0130. The van der Waals surface area contributed by atoms with Crippen LogP contribution in [0.1, 0.15) is 47.0 Å². The van der Waals surface area contributed by atoms with Crippen LogP contribution in [0, 0.1) is 17.8 Å². The Morgan fingerprint density at radius 3 is 2.65 bits per heavy atom. The second-order valence-corrected chi connectivity index (χ2v) is 7.58. The van der Waals surface area contributed by atoms with Gasteiger partial charge in [0, 0.05) is 38.3 Å². The molecule has 3 heteroatoms. The van der Waals surface area contributed by atoms with Gasteiger partial charge in [0.05, 0.1) is 6.61 Å². The van der Waals surface area contributed by atoms with E-state index in [-0.39, 0.29) is 0 Å². The number of piperazine rings is 1. The van der Waals surface area contributed by atoms with Gasteiger partial charge in [0.1, 0.15) is 0 Å². The van der Waals surface area contributed by atoms with Gasteiger partial charge >= 0.3 is 0 Å². The molecule has 3 nitrogen and oxygen atoms in total. The maximum atomic E-state index is 5.67. The van der Waals surface area contributed by atoms with Crippen LogP contribution >= 0.6 is 0 Å². The number of rotatable bonds is 5. The normalized spacial score (nSPS) is 33.0. The van der Waals surface area contributed by atoms with Crippen molar-refractivity contribution in [1.82, 2.24) is 10.2 Å². The summed E-state index contributed by atoms with van der Waals surface area (Å²) in [6.07, 6.45) is 3.89. The van der Waals surface area contributed by atoms with Gasteiger partial charge in [-0.05, 0) is 37.0 Å². The molecule has 20 heavy (non-hydrogen) atoms. The molecule has 0 radical (unpaired) electrons. The number of ether oxygens (including phenoxy) is 1. The smallest absolute Gasteiger partial charge is 0.0506 e. The third-order valence-corrected chi connectivity index (χ3v) is 4.81. The molecule has 2 rings (SSSR count). The van der Waals surface area contributed by atoms with Gasteiger partial charge in [0.25, 0.3) is 0 Å². The summed E-state index contributed by atoms with van der Waals surface area (Å²) in [4.78, 5) is 2.76. The Labute approximate surface area is 125 Å². The molecule has 2 aliphatic heterocycles. The van der Waals surface area contributed by atoms with E-state index in [1.165, 1.54) is 32.4 Å². The Bertz CT molecular complexity index is 274. The van der Waals surface area contributed by atoms with E-state index in [9.17, 15) is 0 Å². The molecule has 2 fully saturated rings. The third kappa shape index (κ3) is 4.71. The molecule has 0 aromatic heterocycles. The predicted octanol–water partition coefficient (Wildman–Crippen LogP) is 2.76. The molecule has 2 heterocycles. The molecule has 3 unspecified atom stereocenters. The summed E-state index contributed by atoms with van der Waals surface area (Å²) in [6.45, 7) is 14.9. The summed E-state index contributed by atoms with van der Waals surface area (Å²) in [5.41, 5.74) is 0. The van der Waals surface area contributed by atoms with Crippen LogP contribution < -0.4 is 5.32 Å². The Balaban J connectivity index is 1.91. The van der Waals surface area contributed by atoms with Crippen LogP contribution in [0.5, 0.6) is 0 Å². The van der Waals surface area contributed by atoms with Gasteiger partial charge in [-0.2, -0.15) is 0 Å². The van der Waals surface area contributed by atoms with Gasteiger partial charge < -0.3 is 10.1 Å². The first-order chi connectivity index (χ1) is 9.56. The average molecular weight is 282 g/mol. The molecule has 0 amide bonds. The number of hydrogen-bond donors (Lipinski definition) is 1. The summed E-state index contributed by atoms with van der Waals surface area (Å²) in [5, 5.41) is 3.78. The second-order valence-electron chi connectivity index (χ2n) is 7.58. The van der Waals surface area contributed by atoms with Gasteiger partial charge in [-0.25, -0.2) is 0 Å². The van der Waals surface area contributed by atoms with Crippen LogP contribution in [-0.4, -0.2) is 49.8 Å². The lowest BCUT2D eigenvalue weighted by atomic mass is 9.92. The van der Waals surface area contributed by atoms with Gasteiger partial charge in [0.15, 0.2) is 0 Å². The molecule has 0 bridgehead atoms. The molecule has 0 saturated carbocycles. The first kappa shape index (κ1) is 16.3. The molecule has 2 saturated heterocycles. The van der Waals surface area contributed by atoms with Gasteiger partial charge in [-0.3, -0.25) is 4.90 Å². The lowest BCUT2D eigenvalue weighted by Gasteiger charge is -2.44. The Kier molecular flexibility index (Phi) is 6.31. The minimum absolute atomic E-state index is 0.675. The molecule has 0 aromatic rings. The van der Waals surface area contributed by atoms with Crippen molar-refractivity contribution in [2.45, 2.75) is 59.0 Å². The fourth-order valence-electron chi connectivity index (χ4n) is 3.78. The zero-order valence-corrected chi connectivity index (χ0v) is 13.9. The molecular weight excluding hydrogens is 248 g/mol. The topological polar surface area (TPSA) is 24.5 Å². The van der Waals surface area contributed by atoms with Crippen molar-refractivity contribution in [3.63, 3.8) is 0 Å². The highest BCUT2D eigenvalue weighted by molar-refractivity contribution is 4.89. The van der Waals surface area contributed by atoms with Crippen molar-refractivity contribution in [3.05, 3.63) is 0 Å². The van der Waals surface area contributed by atoms with E-state index in [0.29, 0.717) is 12.1 Å². The molecule has 0 aromatic carbocycles. The standard InChI is InChI=1S/C17H34N2O/c1-13(2)8-16-11-19(17(9-18-16)14(3)4)10-15-6-5-7-20-12-15/h13-18H,5-12H2,1-4H3. The van der Waals surface area contributed by atoms with Crippen molar-refractivity contribution in [2.24, 2.45) is 17.8 Å². The van der Waals surface area contributed by atoms with Crippen molar-refractivity contribution >= 4 is 0 Å². The highest BCUT2D eigenvalue weighted by atomic mass is 16.5. The van der Waals surface area contributed by atoms with Crippen LogP contribution in [0.15, 0.2) is 0 Å². The number of nitrogens with zero attached hydrogens (tertiary/aromatic N) is 1. The van der Waals surface area contributed by atoms with E-state index >= 15 is 0 Å². The number of nitrogens with one attached hydrogen (secondary N) is 1. The predicted molar refractivity (Wildman–Crippen MR) is 85.0 cm³/mol. The molecule has 2 aliphatic rings. The third-order valence-electron chi connectivity index (χ3n) is 4.81. The quantitative estimate of drug-likeness (QED) is 0.839. The molecule has 3 atom stereocenters. The van der Waals surface area contributed by atoms with Gasteiger partial charge in [0.2, 0.25) is 0 Å². The van der Waals surface area contributed by atoms with Crippen LogP contribution in [0.4, 0.5) is 0 Å². The monoisotopic (exact) mass is 282 g/mol. The fraction of sp³-hybridized carbons (Fsp3) is 1.00. The van der Waals surface area contributed by atoms with Crippen molar-refractivity contribution in [1.29, 1.82) is 0 Å². The van der Waals surface area contributed by atoms with Crippen molar-refractivity contribution < 1.29 is 4.74 Å². The Morgan fingerprint density at radius 2 is 2.05 bits per heavy atom. The first-order valence-electron chi connectivity index (χ1n) is 8.61.